The summed E-state index contributed by atoms with van der Waals surface area (Å²) >= 11 is 1.62. The van der Waals surface area contributed by atoms with E-state index in [9.17, 15) is 19.5 Å². The van der Waals surface area contributed by atoms with Crippen molar-refractivity contribution in [1.82, 2.24) is 14.7 Å². The van der Waals surface area contributed by atoms with E-state index in [2.05, 4.69) is 0 Å². The molecule has 3 heterocycles. The van der Waals surface area contributed by atoms with Crippen LogP contribution in [-0.2, 0) is 11.3 Å². The van der Waals surface area contributed by atoms with Crippen molar-refractivity contribution < 1.29 is 19.5 Å². The molecule has 2 aromatic carbocycles. The first kappa shape index (κ1) is 25.8. The van der Waals surface area contributed by atoms with E-state index >= 15 is 0 Å². The molecule has 9 heteroatoms. The van der Waals surface area contributed by atoms with Crippen molar-refractivity contribution in [2.75, 3.05) is 18.0 Å². The van der Waals surface area contributed by atoms with Gasteiger partial charge in [-0.25, -0.2) is 14.4 Å². The quantitative estimate of drug-likeness (QED) is 0.451. The zero-order chi connectivity index (χ0) is 26.8. The maximum Gasteiger partial charge on any atom is 0.329 e. The van der Waals surface area contributed by atoms with Crippen LogP contribution in [0.15, 0.2) is 72.1 Å². The van der Waals surface area contributed by atoms with Gasteiger partial charge in [0.05, 0.1) is 30.0 Å². The van der Waals surface area contributed by atoms with Crippen molar-refractivity contribution in [1.29, 1.82) is 0 Å². The number of rotatable bonds is 6. The standard InChI is InChI=1S/C29H32N4O4S/c1-3-30(19-25-20(2)16-17-38-25)28(36)33-23-14-15-24(33)26(27(34)35)31(18-23)29(37)32(21-10-6-4-7-11-21)22-12-8-5-9-13-22/h4-13,16-17,23-24,26H,3,14-15,18-19H2,1-2H3,(H,34,35)/t23-,24+,26-/m0/s1. The number of amides is 4. The van der Waals surface area contributed by atoms with E-state index in [0.29, 0.717) is 37.3 Å². The van der Waals surface area contributed by atoms with Crippen molar-refractivity contribution in [3.8, 4) is 0 Å². The number of aliphatic carboxylic acids is 1. The zero-order valence-corrected chi connectivity index (χ0v) is 22.4. The first-order valence-electron chi connectivity index (χ1n) is 12.9. The van der Waals surface area contributed by atoms with Crippen molar-refractivity contribution >= 4 is 40.7 Å². The molecule has 2 bridgehead atoms. The molecule has 1 aromatic heterocycles. The number of aryl methyl sites for hydroxylation is 1. The topological polar surface area (TPSA) is 84.4 Å². The number of nitrogens with zero attached hydrogens (tertiary/aromatic N) is 4. The molecule has 3 atom stereocenters. The number of carbonyl (C=O) groups excluding carboxylic acids is 2. The van der Waals surface area contributed by atoms with E-state index in [1.807, 2.05) is 86.0 Å². The number of fused-ring (bicyclic) bond motifs is 2. The Labute approximate surface area is 226 Å². The van der Waals surface area contributed by atoms with Crippen LogP contribution in [0.4, 0.5) is 21.0 Å². The Morgan fingerprint density at radius 2 is 1.58 bits per heavy atom. The molecule has 2 aliphatic heterocycles. The van der Waals surface area contributed by atoms with Crippen LogP contribution in [0.3, 0.4) is 0 Å². The molecule has 3 aromatic rings. The number of likely N-dealkylation sites (tertiary alicyclic amines) is 1. The number of carboxylic acid groups (broad SMARTS) is 1. The third-order valence-electron chi connectivity index (χ3n) is 7.55. The predicted octanol–water partition coefficient (Wildman–Crippen LogP) is 5.56. The summed E-state index contributed by atoms with van der Waals surface area (Å²) in [7, 11) is 0. The number of thiophene rings is 1. The van der Waals surface area contributed by atoms with Crippen molar-refractivity contribution in [3.63, 3.8) is 0 Å². The molecular weight excluding hydrogens is 500 g/mol. The van der Waals surface area contributed by atoms with Gasteiger partial charge < -0.3 is 19.8 Å². The minimum atomic E-state index is -1.14. The zero-order valence-electron chi connectivity index (χ0n) is 21.6. The number of hydrogen-bond donors (Lipinski definition) is 1. The summed E-state index contributed by atoms with van der Waals surface area (Å²) in [6.07, 6.45) is 1.21. The Balaban J connectivity index is 1.45. The van der Waals surface area contributed by atoms with Gasteiger partial charge in [0.15, 0.2) is 6.04 Å². The number of piperazine rings is 1. The van der Waals surface area contributed by atoms with E-state index in [1.54, 1.807) is 26.0 Å². The van der Waals surface area contributed by atoms with Gasteiger partial charge in [0.25, 0.3) is 0 Å². The molecule has 0 spiro atoms. The summed E-state index contributed by atoms with van der Waals surface area (Å²) < 4.78 is 0. The molecule has 0 aliphatic carbocycles. The minimum absolute atomic E-state index is 0.158. The molecular formula is C29H32N4O4S. The highest BCUT2D eigenvalue weighted by molar-refractivity contribution is 7.10. The van der Waals surface area contributed by atoms with Gasteiger partial charge in [0, 0.05) is 18.0 Å². The highest BCUT2D eigenvalue weighted by atomic mass is 32.1. The van der Waals surface area contributed by atoms with Gasteiger partial charge in [0.1, 0.15) is 0 Å². The lowest BCUT2D eigenvalue weighted by Gasteiger charge is -2.47. The van der Waals surface area contributed by atoms with Gasteiger partial charge in [-0.2, -0.15) is 0 Å². The van der Waals surface area contributed by atoms with Gasteiger partial charge in [-0.1, -0.05) is 36.4 Å². The van der Waals surface area contributed by atoms with Crippen LogP contribution >= 0.6 is 11.3 Å². The number of hydrogen-bond acceptors (Lipinski definition) is 4. The van der Waals surface area contributed by atoms with E-state index in [0.717, 1.165) is 10.4 Å². The first-order chi connectivity index (χ1) is 18.4. The lowest BCUT2D eigenvalue weighted by molar-refractivity contribution is -0.145. The fraction of sp³-hybridized carbons (Fsp3) is 0.345. The fourth-order valence-electron chi connectivity index (χ4n) is 5.61. The largest absolute Gasteiger partial charge is 0.480 e. The van der Waals surface area contributed by atoms with E-state index in [1.165, 1.54) is 4.90 Å². The van der Waals surface area contributed by atoms with Gasteiger partial charge in [-0.15, -0.1) is 11.3 Å². The van der Waals surface area contributed by atoms with Gasteiger partial charge in [-0.3, -0.25) is 4.90 Å². The Morgan fingerprint density at radius 3 is 2.11 bits per heavy atom. The minimum Gasteiger partial charge on any atom is -0.480 e. The molecule has 0 unspecified atom stereocenters. The van der Waals surface area contributed by atoms with Crippen LogP contribution in [0.1, 0.15) is 30.2 Å². The Kier molecular flexibility index (Phi) is 7.37. The summed E-state index contributed by atoms with van der Waals surface area (Å²) in [5, 5.41) is 12.4. The number of urea groups is 2. The average Bonchev–Trinajstić information content (AvgIpc) is 3.47. The monoisotopic (exact) mass is 532 g/mol. The third-order valence-corrected chi connectivity index (χ3v) is 8.56. The molecule has 198 valence electrons. The van der Waals surface area contributed by atoms with Crippen molar-refractivity contribution in [2.24, 2.45) is 0 Å². The molecule has 2 saturated heterocycles. The first-order valence-corrected chi connectivity index (χ1v) is 13.8. The van der Waals surface area contributed by atoms with Crippen LogP contribution in [0.25, 0.3) is 0 Å². The SMILES string of the molecule is CCN(Cc1sccc1C)C(=O)N1[C@H]2CC[C@@H]1[C@@H](C(=O)O)N(C(=O)N(c1ccccc1)c1ccccc1)C2. The second kappa shape index (κ2) is 10.9. The molecule has 0 saturated carbocycles. The Morgan fingerprint density at radius 1 is 0.947 bits per heavy atom. The summed E-state index contributed by atoms with van der Waals surface area (Å²) in [4.78, 5) is 48.3. The van der Waals surface area contributed by atoms with E-state index < -0.39 is 24.1 Å². The molecule has 1 N–H and O–H groups in total. The molecule has 2 fully saturated rings. The van der Waals surface area contributed by atoms with Gasteiger partial charge in [-0.05, 0) is 68.0 Å². The summed E-state index contributed by atoms with van der Waals surface area (Å²) in [6.45, 7) is 5.15. The number of carbonyl (C=O) groups is 3. The van der Waals surface area contributed by atoms with Crippen molar-refractivity contribution in [2.45, 2.75) is 51.4 Å². The Hall–Kier alpha value is -3.85. The molecule has 0 radical (unpaired) electrons. The van der Waals surface area contributed by atoms with E-state index in [4.69, 9.17) is 0 Å². The normalized spacial score (nSPS) is 20.3. The fourth-order valence-corrected chi connectivity index (χ4v) is 6.53. The molecule has 5 rings (SSSR count). The van der Waals surface area contributed by atoms with Crippen LogP contribution in [0.2, 0.25) is 0 Å². The average molecular weight is 533 g/mol. The maximum atomic E-state index is 14.1. The second-order valence-corrected chi connectivity index (χ2v) is 10.8. The lowest BCUT2D eigenvalue weighted by Crippen LogP contribution is -2.67. The molecule has 2 aliphatic rings. The second-order valence-electron chi connectivity index (χ2n) is 9.75. The van der Waals surface area contributed by atoms with Crippen LogP contribution in [0.5, 0.6) is 0 Å². The number of anilines is 2. The highest BCUT2D eigenvalue weighted by Crippen LogP contribution is 2.38. The Bertz CT molecular complexity index is 1260. The number of benzene rings is 2. The van der Waals surface area contributed by atoms with Crippen molar-refractivity contribution in [3.05, 3.63) is 82.6 Å². The predicted molar refractivity (Wildman–Crippen MR) is 148 cm³/mol. The van der Waals surface area contributed by atoms with Gasteiger partial charge in [0.2, 0.25) is 0 Å². The summed E-state index contributed by atoms with van der Waals surface area (Å²) in [6, 6.07) is 18.0. The van der Waals surface area contributed by atoms with Crippen LogP contribution in [0, 0.1) is 6.92 Å². The molecule has 8 nitrogen and oxygen atoms in total. The van der Waals surface area contributed by atoms with Crippen LogP contribution in [-0.4, -0.2) is 69.1 Å². The molecule has 4 amide bonds. The summed E-state index contributed by atoms with van der Waals surface area (Å²) in [5.74, 6) is -1.10. The number of carboxylic acids is 1. The van der Waals surface area contributed by atoms with Crippen LogP contribution < -0.4 is 4.90 Å². The number of para-hydroxylation sites is 2. The maximum absolute atomic E-state index is 14.1. The highest BCUT2D eigenvalue weighted by Gasteiger charge is 2.54. The van der Waals surface area contributed by atoms with Gasteiger partial charge >= 0.3 is 18.0 Å². The third kappa shape index (κ3) is 4.74. The molecule has 38 heavy (non-hydrogen) atoms. The lowest BCUT2D eigenvalue weighted by atomic mass is 10.0. The smallest absolute Gasteiger partial charge is 0.329 e. The van der Waals surface area contributed by atoms with E-state index in [-0.39, 0.29) is 18.6 Å². The summed E-state index contributed by atoms with van der Waals surface area (Å²) in [5.41, 5.74) is 2.45.